The number of pyridine rings is 1. The molecule has 0 atom stereocenters. The van der Waals surface area contributed by atoms with Gasteiger partial charge in [-0.15, -0.1) is 0 Å². The van der Waals surface area contributed by atoms with Crippen LogP contribution in [-0.2, 0) is 16.6 Å². The van der Waals surface area contributed by atoms with Gasteiger partial charge in [-0.1, -0.05) is 20.8 Å². The van der Waals surface area contributed by atoms with Crippen LogP contribution in [-0.4, -0.2) is 47.6 Å². The van der Waals surface area contributed by atoms with Crippen LogP contribution in [0.3, 0.4) is 0 Å². The maximum Gasteiger partial charge on any atom is 0.274 e. The minimum absolute atomic E-state index is 0.117. The number of hydrogen-bond donors (Lipinski definition) is 1. The van der Waals surface area contributed by atoms with Gasteiger partial charge in [0.25, 0.3) is 11.5 Å². The van der Waals surface area contributed by atoms with Gasteiger partial charge >= 0.3 is 0 Å². The van der Waals surface area contributed by atoms with Crippen LogP contribution in [0.25, 0.3) is 0 Å². The molecule has 0 bridgehead atoms. The van der Waals surface area contributed by atoms with Gasteiger partial charge in [-0.25, -0.2) is 0 Å². The van der Waals surface area contributed by atoms with E-state index in [0.29, 0.717) is 31.9 Å². The smallest absolute Gasteiger partial charge is 0.274 e. The van der Waals surface area contributed by atoms with Crippen molar-refractivity contribution >= 4 is 17.5 Å². The Balaban J connectivity index is 2.30. The number of anilines is 1. The summed E-state index contributed by atoms with van der Waals surface area (Å²) in [6.45, 7) is 7.33. The first-order chi connectivity index (χ1) is 10.7. The standard InChI is InChI=1S/C16H23N3O4/c1-16(2,3)15(22)17-12-9-11(10-18(4)14(12)21)13(20)19-5-7-23-8-6-19/h9-10H,5-8H2,1-4H3,(H,17,22). The van der Waals surface area contributed by atoms with Crippen molar-refractivity contribution in [3.63, 3.8) is 0 Å². The molecule has 7 nitrogen and oxygen atoms in total. The minimum Gasteiger partial charge on any atom is -0.378 e. The lowest BCUT2D eigenvalue weighted by molar-refractivity contribution is -0.123. The molecule has 0 saturated carbocycles. The maximum atomic E-state index is 12.5. The van der Waals surface area contributed by atoms with E-state index in [9.17, 15) is 14.4 Å². The predicted molar refractivity (Wildman–Crippen MR) is 86.5 cm³/mol. The lowest BCUT2D eigenvalue weighted by atomic mass is 9.95. The highest BCUT2D eigenvalue weighted by Gasteiger charge is 2.24. The molecule has 23 heavy (non-hydrogen) atoms. The fourth-order valence-electron chi connectivity index (χ4n) is 2.18. The zero-order chi connectivity index (χ0) is 17.2. The molecule has 2 heterocycles. The molecular formula is C16H23N3O4. The summed E-state index contributed by atoms with van der Waals surface area (Å²) in [5.41, 5.74) is -0.485. The molecule has 0 aromatic carbocycles. The molecule has 0 radical (unpaired) electrons. The third kappa shape index (κ3) is 3.98. The largest absolute Gasteiger partial charge is 0.378 e. The van der Waals surface area contributed by atoms with Gasteiger partial charge in [0.15, 0.2) is 0 Å². The molecule has 1 fully saturated rings. The van der Waals surface area contributed by atoms with E-state index >= 15 is 0 Å². The fourth-order valence-corrected chi connectivity index (χ4v) is 2.18. The topological polar surface area (TPSA) is 80.6 Å². The second kappa shape index (κ2) is 6.54. The van der Waals surface area contributed by atoms with Crippen LogP contribution >= 0.6 is 0 Å². The van der Waals surface area contributed by atoms with Crippen LogP contribution in [0.2, 0.25) is 0 Å². The van der Waals surface area contributed by atoms with E-state index in [1.54, 1.807) is 32.7 Å². The molecule has 1 aliphatic heterocycles. The third-order valence-electron chi connectivity index (χ3n) is 3.66. The van der Waals surface area contributed by atoms with E-state index in [0.717, 1.165) is 0 Å². The summed E-state index contributed by atoms with van der Waals surface area (Å²) < 4.78 is 6.55. The first-order valence-corrected chi connectivity index (χ1v) is 7.59. The quantitative estimate of drug-likeness (QED) is 0.875. The van der Waals surface area contributed by atoms with E-state index in [-0.39, 0.29) is 23.1 Å². The highest BCUT2D eigenvalue weighted by atomic mass is 16.5. The Morgan fingerprint density at radius 3 is 2.39 bits per heavy atom. The van der Waals surface area contributed by atoms with Gasteiger partial charge in [-0.2, -0.15) is 0 Å². The number of aromatic nitrogens is 1. The SMILES string of the molecule is Cn1cc(C(=O)N2CCOCC2)cc(NC(=O)C(C)(C)C)c1=O. The summed E-state index contributed by atoms with van der Waals surface area (Å²) >= 11 is 0. The Labute approximate surface area is 135 Å². The Bertz CT molecular complexity index is 667. The number of rotatable bonds is 2. The Morgan fingerprint density at radius 1 is 1.22 bits per heavy atom. The van der Waals surface area contributed by atoms with Gasteiger partial charge in [-0.05, 0) is 6.07 Å². The van der Waals surface area contributed by atoms with Crippen molar-refractivity contribution in [1.29, 1.82) is 0 Å². The van der Waals surface area contributed by atoms with E-state index in [4.69, 9.17) is 4.74 Å². The van der Waals surface area contributed by atoms with Crippen molar-refractivity contribution in [2.24, 2.45) is 12.5 Å². The molecule has 0 spiro atoms. The summed E-state index contributed by atoms with van der Waals surface area (Å²) in [4.78, 5) is 38.5. The van der Waals surface area contributed by atoms with Gasteiger partial charge in [0, 0.05) is 31.7 Å². The van der Waals surface area contributed by atoms with Crippen LogP contribution in [0.5, 0.6) is 0 Å². The van der Waals surface area contributed by atoms with E-state index in [1.807, 2.05) is 0 Å². The number of hydrogen-bond acceptors (Lipinski definition) is 4. The lowest BCUT2D eigenvalue weighted by Crippen LogP contribution is -2.41. The monoisotopic (exact) mass is 321 g/mol. The first-order valence-electron chi connectivity index (χ1n) is 7.59. The molecule has 1 aromatic heterocycles. The van der Waals surface area contributed by atoms with Gasteiger partial charge in [0.05, 0.1) is 18.8 Å². The number of carbonyl (C=O) groups is 2. The highest BCUT2D eigenvalue weighted by molar-refractivity contribution is 5.98. The molecule has 0 unspecified atom stereocenters. The van der Waals surface area contributed by atoms with Gasteiger partial charge in [0.2, 0.25) is 5.91 Å². The number of aryl methyl sites for hydroxylation is 1. The number of ether oxygens (including phenoxy) is 1. The molecule has 126 valence electrons. The molecule has 1 N–H and O–H groups in total. The first kappa shape index (κ1) is 17.2. The summed E-state index contributed by atoms with van der Waals surface area (Å²) in [6.07, 6.45) is 1.49. The normalized spacial score (nSPS) is 15.4. The highest BCUT2D eigenvalue weighted by Crippen LogP contribution is 2.17. The van der Waals surface area contributed by atoms with Gasteiger partial charge in [0.1, 0.15) is 5.69 Å². The second-order valence-electron chi connectivity index (χ2n) is 6.67. The summed E-state index contributed by atoms with van der Waals surface area (Å²) in [5, 5.41) is 2.62. The van der Waals surface area contributed by atoms with Crippen molar-refractivity contribution in [3.8, 4) is 0 Å². The second-order valence-corrected chi connectivity index (χ2v) is 6.67. The minimum atomic E-state index is -0.630. The van der Waals surface area contributed by atoms with E-state index in [1.165, 1.54) is 16.8 Å². The summed E-state index contributed by atoms with van der Waals surface area (Å²) in [5.74, 6) is -0.444. The molecular weight excluding hydrogens is 298 g/mol. The molecule has 2 rings (SSSR count). The number of morpholine rings is 1. The molecule has 7 heteroatoms. The Hall–Kier alpha value is -2.15. The van der Waals surface area contributed by atoms with Crippen LogP contribution in [0.15, 0.2) is 17.1 Å². The maximum absolute atomic E-state index is 12.5. The van der Waals surface area contributed by atoms with E-state index < -0.39 is 5.41 Å². The van der Waals surface area contributed by atoms with Crippen LogP contribution in [0.1, 0.15) is 31.1 Å². The zero-order valence-electron chi connectivity index (χ0n) is 14.0. The molecule has 1 saturated heterocycles. The fraction of sp³-hybridized carbons (Fsp3) is 0.562. The van der Waals surface area contributed by atoms with Crippen molar-refractivity contribution in [2.45, 2.75) is 20.8 Å². The molecule has 1 aliphatic rings. The van der Waals surface area contributed by atoms with Crippen molar-refractivity contribution in [1.82, 2.24) is 9.47 Å². The average Bonchev–Trinajstić information content (AvgIpc) is 2.50. The average molecular weight is 321 g/mol. The van der Waals surface area contributed by atoms with Crippen molar-refractivity contribution < 1.29 is 14.3 Å². The van der Waals surface area contributed by atoms with Gasteiger partial charge in [-0.3, -0.25) is 14.4 Å². The molecule has 0 aliphatic carbocycles. The Kier molecular flexibility index (Phi) is 4.89. The van der Waals surface area contributed by atoms with Crippen LogP contribution in [0, 0.1) is 5.41 Å². The van der Waals surface area contributed by atoms with E-state index in [2.05, 4.69) is 5.32 Å². The predicted octanol–water partition coefficient (Wildman–Crippen LogP) is 0.842. The zero-order valence-corrected chi connectivity index (χ0v) is 14.0. The van der Waals surface area contributed by atoms with Gasteiger partial charge < -0.3 is 19.5 Å². The number of amides is 2. The summed E-state index contributed by atoms with van der Waals surface area (Å²) in [6, 6.07) is 1.45. The molecule has 1 aromatic rings. The van der Waals surface area contributed by atoms with Crippen molar-refractivity contribution in [3.05, 3.63) is 28.2 Å². The Morgan fingerprint density at radius 2 is 1.83 bits per heavy atom. The summed E-state index contributed by atoms with van der Waals surface area (Å²) in [7, 11) is 1.56. The number of nitrogens with one attached hydrogen (secondary N) is 1. The van der Waals surface area contributed by atoms with Crippen LogP contribution < -0.4 is 10.9 Å². The molecule has 2 amide bonds. The lowest BCUT2D eigenvalue weighted by Gasteiger charge is -2.27. The van der Waals surface area contributed by atoms with Crippen molar-refractivity contribution in [2.75, 3.05) is 31.6 Å². The third-order valence-corrected chi connectivity index (χ3v) is 3.66. The number of carbonyl (C=O) groups excluding carboxylic acids is 2. The van der Waals surface area contributed by atoms with Crippen LogP contribution in [0.4, 0.5) is 5.69 Å². The number of nitrogens with zero attached hydrogens (tertiary/aromatic N) is 2.